The third-order valence-electron chi connectivity index (χ3n) is 5.87. The number of nitrogens with one attached hydrogen (secondary N) is 1. The van der Waals surface area contributed by atoms with Crippen LogP contribution in [0.1, 0.15) is 44.1 Å². The van der Waals surface area contributed by atoms with E-state index >= 15 is 0 Å². The van der Waals surface area contributed by atoms with E-state index in [4.69, 9.17) is 11.6 Å². The molecule has 0 atom stereocenters. The number of nitrogens with zero attached hydrogens (tertiary/aromatic N) is 3. The third kappa shape index (κ3) is 5.21. The Bertz CT molecular complexity index is 894. The second kappa shape index (κ2) is 9.63. The van der Waals surface area contributed by atoms with Crippen LogP contribution in [-0.2, 0) is 11.2 Å². The first-order chi connectivity index (χ1) is 14.6. The zero-order valence-electron chi connectivity index (χ0n) is 17.5. The lowest BCUT2D eigenvalue weighted by atomic mass is 9.95. The van der Waals surface area contributed by atoms with Crippen molar-refractivity contribution in [1.82, 2.24) is 10.3 Å². The van der Waals surface area contributed by atoms with Crippen LogP contribution in [0.25, 0.3) is 0 Å². The van der Waals surface area contributed by atoms with Crippen LogP contribution >= 0.6 is 11.6 Å². The Morgan fingerprint density at radius 3 is 2.67 bits per heavy atom. The summed E-state index contributed by atoms with van der Waals surface area (Å²) in [7, 11) is 2.07. The predicted octanol–water partition coefficient (Wildman–Crippen LogP) is 4.71. The van der Waals surface area contributed by atoms with E-state index in [9.17, 15) is 4.79 Å². The highest BCUT2D eigenvalue weighted by molar-refractivity contribution is 6.44. The Hall–Kier alpha value is -2.37. The number of anilines is 1. The zero-order valence-corrected chi connectivity index (χ0v) is 18.2. The zero-order chi connectivity index (χ0) is 20.9. The van der Waals surface area contributed by atoms with Crippen molar-refractivity contribution in [3.05, 3.63) is 65.0 Å². The number of halogens is 1. The minimum Gasteiger partial charge on any atom is -0.348 e. The molecule has 2 heterocycles. The number of hydrogen-bond donors (Lipinski definition) is 1. The summed E-state index contributed by atoms with van der Waals surface area (Å²) in [6.45, 7) is 0.921. The normalized spacial score (nSPS) is 20.5. The summed E-state index contributed by atoms with van der Waals surface area (Å²) in [5.41, 5.74) is 3.87. The number of likely N-dealkylation sites (N-methyl/N-ethyl adjacent to an activating group) is 1. The molecule has 1 fully saturated rings. The Morgan fingerprint density at radius 2 is 1.97 bits per heavy atom. The Labute approximate surface area is 183 Å². The summed E-state index contributed by atoms with van der Waals surface area (Å²) in [6.07, 6.45) is 14.8. The molecule has 1 N–H and O–H groups in total. The first-order valence-corrected chi connectivity index (χ1v) is 11.1. The molecule has 1 aliphatic carbocycles. The van der Waals surface area contributed by atoms with Gasteiger partial charge in [0.15, 0.2) is 0 Å². The average Bonchev–Trinajstić information content (AvgIpc) is 3.08. The number of benzene rings is 1. The van der Waals surface area contributed by atoms with Crippen molar-refractivity contribution in [1.29, 1.82) is 0 Å². The molecule has 30 heavy (non-hydrogen) atoms. The number of amides is 1. The van der Waals surface area contributed by atoms with Crippen molar-refractivity contribution < 1.29 is 4.79 Å². The first-order valence-electron chi connectivity index (χ1n) is 10.8. The van der Waals surface area contributed by atoms with Crippen LogP contribution in [0.5, 0.6) is 0 Å². The first kappa shape index (κ1) is 20.9. The summed E-state index contributed by atoms with van der Waals surface area (Å²) in [5.74, 6) is -0.0961. The standard InChI is InChI=1S/C24H29ClN4O/c1-28-12-5-13-29(28)22-10-8-18(9-11-22)14-19-15-20(25)17-26-23(16-19)24(30)27-21-6-3-2-4-7-21/h5,8-11,13,16-17,21H,2-4,6-7,12,14-15H2,1H3,(H,27,30). The van der Waals surface area contributed by atoms with E-state index in [1.165, 1.54) is 24.8 Å². The van der Waals surface area contributed by atoms with Gasteiger partial charge in [0, 0.05) is 43.5 Å². The van der Waals surface area contributed by atoms with Crippen LogP contribution in [0, 0.1) is 0 Å². The highest BCUT2D eigenvalue weighted by Gasteiger charge is 2.20. The lowest BCUT2D eigenvalue weighted by Gasteiger charge is -2.25. The Kier molecular flexibility index (Phi) is 6.70. The summed E-state index contributed by atoms with van der Waals surface area (Å²) in [6, 6.07) is 8.79. The third-order valence-corrected chi connectivity index (χ3v) is 6.10. The summed E-state index contributed by atoms with van der Waals surface area (Å²) < 4.78 is 0. The van der Waals surface area contributed by atoms with Crippen molar-refractivity contribution in [2.24, 2.45) is 4.99 Å². The van der Waals surface area contributed by atoms with Crippen LogP contribution in [0.3, 0.4) is 0 Å². The molecule has 2 aliphatic heterocycles. The molecule has 1 aromatic carbocycles. The van der Waals surface area contributed by atoms with E-state index in [0.717, 1.165) is 37.1 Å². The number of aliphatic imine (C=N–C) groups is 1. The fourth-order valence-electron chi connectivity index (χ4n) is 4.24. The highest BCUT2D eigenvalue weighted by Crippen LogP contribution is 2.25. The topological polar surface area (TPSA) is 47.9 Å². The molecule has 3 aliphatic rings. The maximum absolute atomic E-state index is 12.8. The van der Waals surface area contributed by atoms with Crippen molar-refractivity contribution in [2.75, 3.05) is 18.6 Å². The minimum atomic E-state index is -0.0961. The smallest absolute Gasteiger partial charge is 0.270 e. The molecule has 5 nitrogen and oxygen atoms in total. The van der Waals surface area contributed by atoms with Gasteiger partial charge in [-0.25, -0.2) is 10.0 Å². The second-order valence-corrected chi connectivity index (χ2v) is 8.78. The van der Waals surface area contributed by atoms with E-state index in [1.807, 2.05) is 6.08 Å². The molecule has 1 aromatic rings. The lowest BCUT2D eigenvalue weighted by Crippen LogP contribution is -2.39. The SMILES string of the molecule is CN1CC=CN1c1ccc(CC2=CC(C(=O)NC3CCCCC3)=NC=C(Cl)C2)cc1. The van der Waals surface area contributed by atoms with Gasteiger partial charge in [-0.3, -0.25) is 9.80 Å². The van der Waals surface area contributed by atoms with E-state index in [2.05, 4.69) is 63.9 Å². The molecule has 1 saturated carbocycles. The molecule has 0 spiro atoms. The highest BCUT2D eigenvalue weighted by atomic mass is 35.5. The van der Waals surface area contributed by atoms with E-state index in [-0.39, 0.29) is 11.9 Å². The molecule has 0 aromatic heterocycles. The fourth-order valence-corrected chi connectivity index (χ4v) is 4.46. The number of carbonyl (C=O) groups excluding carboxylic acids is 1. The van der Waals surface area contributed by atoms with Gasteiger partial charge in [0.25, 0.3) is 5.91 Å². The predicted molar refractivity (Wildman–Crippen MR) is 123 cm³/mol. The van der Waals surface area contributed by atoms with Gasteiger partial charge in [0.2, 0.25) is 0 Å². The van der Waals surface area contributed by atoms with Crippen LogP contribution in [0.2, 0.25) is 0 Å². The molecule has 0 unspecified atom stereocenters. The fraction of sp³-hybridized carbons (Fsp3) is 0.417. The monoisotopic (exact) mass is 424 g/mol. The summed E-state index contributed by atoms with van der Waals surface area (Å²) >= 11 is 6.33. The molecule has 1 amide bonds. The lowest BCUT2D eigenvalue weighted by molar-refractivity contribution is -0.115. The van der Waals surface area contributed by atoms with E-state index in [1.54, 1.807) is 6.20 Å². The molecular formula is C24H29ClN4O. The number of rotatable bonds is 5. The Balaban J connectivity index is 1.44. The van der Waals surface area contributed by atoms with Gasteiger partial charge in [0.1, 0.15) is 5.71 Å². The van der Waals surface area contributed by atoms with E-state index < -0.39 is 0 Å². The number of allylic oxidation sites excluding steroid dienone is 2. The maximum atomic E-state index is 12.8. The number of carbonyl (C=O) groups is 1. The molecular weight excluding hydrogens is 396 g/mol. The number of hydrogen-bond acceptors (Lipinski definition) is 4. The largest absolute Gasteiger partial charge is 0.348 e. The molecule has 4 rings (SSSR count). The maximum Gasteiger partial charge on any atom is 0.270 e. The van der Waals surface area contributed by atoms with Gasteiger partial charge in [-0.2, -0.15) is 0 Å². The average molecular weight is 425 g/mol. The molecule has 0 radical (unpaired) electrons. The number of hydrazine groups is 1. The van der Waals surface area contributed by atoms with E-state index in [0.29, 0.717) is 17.2 Å². The van der Waals surface area contributed by atoms with Crippen molar-refractivity contribution in [3.8, 4) is 0 Å². The minimum absolute atomic E-state index is 0.0961. The van der Waals surface area contributed by atoms with Crippen LogP contribution in [0.4, 0.5) is 5.69 Å². The van der Waals surface area contributed by atoms with Crippen molar-refractivity contribution >= 4 is 28.9 Å². The van der Waals surface area contributed by atoms with Crippen molar-refractivity contribution in [3.63, 3.8) is 0 Å². The molecule has 158 valence electrons. The van der Waals surface area contributed by atoms with Crippen LogP contribution < -0.4 is 10.3 Å². The quantitative estimate of drug-likeness (QED) is 0.744. The summed E-state index contributed by atoms with van der Waals surface area (Å²) in [5, 5.41) is 8.10. The second-order valence-electron chi connectivity index (χ2n) is 8.29. The van der Waals surface area contributed by atoms with Gasteiger partial charge in [0.05, 0.1) is 5.69 Å². The Morgan fingerprint density at radius 1 is 1.20 bits per heavy atom. The molecule has 0 saturated heterocycles. The van der Waals surface area contributed by atoms with Crippen LogP contribution in [0.15, 0.2) is 64.4 Å². The summed E-state index contributed by atoms with van der Waals surface area (Å²) in [4.78, 5) is 17.1. The van der Waals surface area contributed by atoms with Gasteiger partial charge in [-0.05, 0) is 43.0 Å². The van der Waals surface area contributed by atoms with Gasteiger partial charge < -0.3 is 5.32 Å². The van der Waals surface area contributed by atoms with Gasteiger partial charge in [-0.15, -0.1) is 0 Å². The molecule has 0 bridgehead atoms. The van der Waals surface area contributed by atoms with Gasteiger partial charge >= 0.3 is 0 Å². The van der Waals surface area contributed by atoms with Crippen LogP contribution in [-0.4, -0.2) is 36.3 Å². The van der Waals surface area contributed by atoms with Gasteiger partial charge in [-0.1, -0.05) is 54.6 Å². The molecule has 6 heteroatoms. The van der Waals surface area contributed by atoms with Crippen molar-refractivity contribution in [2.45, 2.75) is 51.0 Å².